The summed E-state index contributed by atoms with van der Waals surface area (Å²) in [5, 5.41) is 6.84. The number of rotatable bonds is 0. The van der Waals surface area contributed by atoms with Crippen molar-refractivity contribution in [2.45, 2.75) is 0 Å². The van der Waals surface area contributed by atoms with Gasteiger partial charge in [0.05, 0.1) is 11.7 Å². The third-order valence-corrected chi connectivity index (χ3v) is 1.12. The van der Waals surface area contributed by atoms with Gasteiger partial charge < -0.3 is 0 Å². The van der Waals surface area contributed by atoms with Gasteiger partial charge in [-0.1, -0.05) is 0 Å². The molecule has 2 aromatic rings. The Labute approximate surface area is 45.9 Å². The highest BCUT2D eigenvalue weighted by molar-refractivity contribution is 5.42. The molecule has 0 spiro atoms. The van der Waals surface area contributed by atoms with Crippen LogP contribution in [-0.4, -0.2) is 14.8 Å². The average Bonchev–Trinajstić information content (AvgIpc) is 2.15. The van der Waals surface area contributed by atoms with Gasteiger partial charge in [0.1, 0.15) is 0 Å². The highest BCUT2D eigenvalue weighted by atomic mass is 15.4. The summed E-state index contributed by atoms with van der Waals surface area (Å²) in [5.74, 6) is 0. The number of fused-ring (bicyclic) bond motifs is 1. The van der Waals surface area contributed by atoms with Crippen LogP contribution in [0.3, 0.4) is 0 Å². The van der Waals surface area contributed by atoms with Crippen LogP contribution in [0.4, 0.5) is 0 Å². The fraction of sp³-hybridized carbons (Fsp3) is 0. The van der Waals surface area contributed by atoms with Gasteiger partial charge in [0.2, 0.25) is 0 Å². The van der Waals surface area contributed by atoms with Gasteiger partial charge >= 0.3 is 0 Å². The first kappa shape index (κ1) is 3.72. The van der Waals surface area contributed by atoms with Crippen LogP contribution < -0.4 is 0 Å². The average molecular weight is 107 g/mol. The Morgan fingerprint density at radius 2 is 2.50 bits per heavy atom. The Hall–Kier alpha value is -1.25. The van der Waals surface area contributed by atoms with Gasteiger partial charge in [-0.2, -0.15) is 9.73 Å². The molecule has 2 heterocycles. The van der Waals surface area contributed by atoms with Crippen molar-refractivity contribution in [1.29, 1.82) is 0 Å². The lowest BCUT2D eigenvalue weighted by atomic mass is 10.5. The SMILES string of the molecule is c1cc2cc[nH]n2n1. The molecule has 8 heavy (non-hydrogen) atoms. The fourth-order valence-electron chi connectivity index (χ4n) is 0.741. The molecule has 3 heteroatoms. The van der Waals surface area contributed by atoms with Gasteiger partial charge in [0, 0.05) is 6.20 Å². The maximum atomic E-state index is 3.94. The summed E-state index contributed by atoms with van der Waals surface area (Å²) < 4.78 is 1.71. The molecule has 0 fully saturated rings. The third kappa shape index (κ3) is 0.307. The lowest BCUT2D eigenvalue weighted by molar-refractivity contribution is 0.821. The quantitative estimate of drug-likeness (QED) is 0.527. The number of hydrogen-bond donors (Lipinski definition) is 1. The zero-order chi connectivity index (χ0) is 5.40. The minimum atomic E-state index is 1.10. The topological polar surface area (TPSA) is 33.1 Å². The minimum absolute atomic E-state index is 1.10. The van der Waals surface area contributed by atoms with Crippen molar-refractivity contribution in [2.24, 2.45) is 0 Å². The van der Waals surface area contributed by atoms with E-state index in [9.17, 15) is 0 Å². The van der Waals surface area contributed by atoms with Crippen LogP contribution in [0.1, 0.15) is 0 Å². The molecule has 0 aliphatic heterocycles. The number of nitrogens with zero attached hydrogens (tertiary/aromatic N) is 2. The Kier molecular flexibility index (Phi) is 0.521. The Morgan fingerprint density at radius 3 is 3.38 bits per heavy atom. The van der Waals surface area contributed by atoms with E-state index in [0.717, 1.165) is 5.52 Å². The predicted molar refractivity (Wildman–Crippen MR) is 29.5 cm³/mol. The molecule has 0 radical (unpaired) electrons. The standard InChI is InChI=1S/C5H5N3/c1-3-6-8-5(1)2-4-7-8/h1-4,6H. The summed E-state index contributed by atoms with van der Waals surface area (Å²) in [6.45, 7) is 0. The van der Waals surface area contributed by atoms with Gasteiger partial charge in [0.15, 0.2) is 0 Å². The van der Waals surface area contributed by atoms with Crippen molar-refractivity contribution >= 4 is 5.52 Å². The van der Waals surface area contributed by atoms with Crippen molar-refractivity contribution < 1.29 is 0 Å². The number of aromatic amines is 1. The van der Waals surface area contributed by atoms with Crippen molar-refractivity contribution in [3.05, 3.63) is 24.5 Å². The molecule has 0 unspecified atom stereocenters. The molecule has 40 valence electrons. The predicted octanol–water partition coefficient (Wildman–Crippen LogP) is 0.662. The fourth-order valence-corrected chi connectivity index (χ4v) is 0.741. The van der Waals surface area contributed by atoms with Crippen molar-refractivity contribution in [3.8, 4) is 0 Å². The van der Waals surface area contributed by atoms with Gasteiger partial charge in [-0.25, -0.2) is 0 Å². The van der Waals surface area contributed by atoms with Crippen molar-refractivity contribution in [1.82, 2.24) is 14.8 Å². The van der Waals surface area contributed by atoms with Crippen LogP contribution in [-0.2, 0) is 0 Å². The van der Waals surface area contributed by atoms with E-state index in [-0.39, 0.29) is 0 Å². The number of H-pyrrole nitrogens is 1. The summed E-state index contributed by atoms with van der Waals surface area (Å²) in [4.78, 5) is 0. The summed E-state index contributed by atoms with van der Waals surface area (Å²) in [6, 6.07) is 3.91. The number of nitrogens with one attached hydrogen (secondary N) is 1. The van der Waals surface area contributed by atoms with Crippen LogP contribution >= 0.6 is 0 Å². The monoisotopic (exact) mass is 107 g/mol. The van der Waals surface area contributed by atoms with Crippen LogP contribution in [0, 0.1) is 0 Å². The van der Waals surface area contributed by atoms with Crippen LogP contribution in [0.25, 0.3) is 5.52 Å². The van der Waals surface area contributed by atoms with E-state index in [1.54, 1.807) is 10.8 Å². The molecule has 0 saturated heterocycles. The summed E-state index contributed by atoms with van der Waals surface area (Å²) in [6.07, 6.45) is 3.61. The first-order chi connectivity index (χ1) is 3.97. The second kappa shape index (κ2) is 1.12. The van der Waals surface area contributed by atoms with E-state index < -0.39 is 0 Å². The molecule has 2 aromatic heterocycles. The van der Waals surface area contributed by atoms with E-state index >= 15 is 0 Å². The van der Waals surface area contributed by atoms with E-state index in [4.69, 9.17) is 0 Å². The maximum absolute atomic E-state index is 3.94. The second-order valence-electron chi connectivity index (χ2n) is 1.63. The second-order valence-corrected chi connectivity index (χ2v) is 1.63. The summed E-state index contributed by atoms with van der Waals surface area (Å²) >= 11 is 0. The van der Waals surface area contributed by atoms with Crippen LogP contribution in [0.15, 0.2) is 24.5 Å². The van der Waals surface area contributed by atoms with E-state index in [1.165, 1.54) is 0 Å². The van der Waals surface area contributed by atoms with Gasteiger partial charge in [-0.3, -0.25) is 5.10 Å². The molecule has 1 N–H and O–H groups in total. The van der Waals surface area contributed by atoms with Gasteiger partial charge in [-0.05, 0) is 12.1 Å². The Bertz CT molecular complexity index is 229. The molecule has 0 atom stereocenters. The zero-order valence-corrected chi connectivity index (χ0v) is 4.20. The molecule has 0 saturated carbocycles. The molecule has 0 aliphatic rings. The minimum Gasteiger partial charge on any atom is -0.285 e. The largest absolute Gasteiger partial charge is 0.285 e. The van der Waals surface area contributed by atoms with Crippen molar-refractivity contribution in [3.63, 3.8) is 0 Å². The lowest BCUT2D eigenvalue weighted by Gasteiger charge is -1.74. The molecule has 0 amide bonds. The highest BCUT2D eigenvalue weighted by Crippen LogP contribution is 1.95. The van der Waals surface area contributed by atoms with Gasteiger partial charge in [0.25, 0.3) is 0 Å². The summed E-state index contributed by atoms with van der Waals surface area (Å²) in [7, 11) is 0. The van der Waals surface area contributed by atoms with Crippen molar-refractivity contribution in [2.75, 3.05) is 0 Å². The highest BCUT2D eigenvalue weighted by Gasteiger charge is 1.87. The maximum Gasteiger partial charge on any atom is 0.0864 e. The molecule has 3 nitrogen and oxygen atoms in total. The van der Waals surface area contributed by atoms with E-state index in [1.807, 2.05) is 18.3 Å². The smallest absolute Gasteiger partial charge is 0.0864 e. The molecule has 0 aliphatic carbocycles. The normalized spacial score (nSPS) is 10.5. The third-order valence-electron chi connectivity index (χ3n) is 1.12. The molecular formula is C5H5N3. The van der Waals surface area contributed by atoms with Gasteiger partial charge in [-0.15, -0.1) is 0 Å². The molecule has 2 rings (SSSR count). The molecule has 0 aromatic carbocycles. The van der Waals surface area contributed by atoms with Crippen LogP contribution in [0.5, 0.6) is 0 Å². The molecular weight excluding hydrogens is 102 g/mol. The van der Waals surface area contributed by atoms with E-state index in [2.05, 4.69) is 10.2 Å². The number of aromatic nitrogens is 3. The first-order valence-electron chi connectivity index (χ1n) is 2.44. The zero-order valence-electron chi connectivity index (χ0n) is 4.20. The van der Waals surface area contributed by atoms with Crippen LogP contribution in [0.2, 0.25) is 0 Å². The molecule has 0 bridgehead atoms. The first-order valence-corrected chi connectivity index (χ1v) is 2.44. The lowest BCUT2D eigenvalue weighted by Crippen LogP contribution is -1.81. The number of hydrogen-bond acceptors (Lipinski definition) is 1. The van der Waals surface area contributed by atoms with E-state index in [0.29, 0.717) is 0 Å². The Balaban J connectivity index is 3.06. The Morgan fingerprint density at radius 1 is 1.50 bits per heavy atom. The summed E-state index contributed by atoms with van der Waals surface area (Å²) in [5.41, 5.74) is 1.10.